The fourth-order valence-electron chi connectivity index (χ4n) is 3.58. The van der Waals surface area contributed by atoms with E-state index in [-0.39, 0.29) is 12.5 Å². The molecule has 0 unspecified atom stereocenters. The van der Waals surface area contributed by atoms with E-state index in [1.165, 1.54) is 10.6 Å². The zero-order valence-electron chi connectivity index (χ0n) is 19.1. The lowest BCUT2D eigenvalue weighted by Gasteiger charge is -2.25. The summed E-state index contributed by atoms with van der Waals surface area (Å²) in [7, 11) is -3.48. The highest BCUT2D eigenvalue weighted by Gasteiger charge is 2.20. The van der Waals surface area contributed by atoms with Gasteiger partial charge in [-0.05, 0) is 73.2 Å². The molecular weight excluding hydrogens is 456 g/mol. The van der Waals surface area contributed by atoms with E-state index in [2.05, 4.69) is 5.32 Å². The number of halogens is 1. The van der Waals surface area contributed by atoms with Crippen molar-refractivity contribution in [1.82, 2.24) is 5.32 Å². The van der Waals surface area contributed by atoms with Crippen LogP contribution in [0.25, 0.3) is 0 Å². The van der Waals surface area contributed by atoms with Crippen LogP contribution in [0.1, 0.15) is 39.0 Å². The first kappa shape index (κ1) is 24.8. The second-order valence-electron chi connectivity index (χ2n) is 8.21. The Kier molecular flexibility index (Phi) is 8.16. The summed E-state index contributed by atoms with van der Waals surface area (Å²) in [6, 6.07) is 20.5. The molecule has 0 bridgehead atoms. The number of nitrogens with zero attached hydrogens (tertiary/aromatic N) is 1. The van der Waals surface area contributed by atoms with Crippen molar-refractivity contribution in [3.63, 3.8) is 0 Å². The largest absolute Gasteiger partial charge is 0.352 e. The predicted octanol–water partition coefficient (Wildman–Crippen LogP) is 5.29. The zero-order chi connectivity index (χ0) is 24.0. The molecule has 1 amide bonds. The molecule has 0 saturated carbocycles. The number of anilines is 1. The molecule has 7 heteroatoms. The van der Waals surface area contributed by atoms with Gasteiger partial charge in [-0.3, -0.25) is 9.10 Å². The number of aryl methyl sites for hydroxylation is 3. The standard InChI is InChI=1S/C26H29ClN2O3S/c1-19-10-11-20(2)25(17-19)29(33(3,31)32)18-21-12-14-23(15-13-21)26(30)28-16-6-8-22-7-4-5-9-24(22)27/h4-5,7,9-15,17H,6,8,16,18H2,1-3H3,(H,28,30). The molecule has 0 spiro atoms. The van der Waals surface area contributed by atoms with Gasteiger partial charge in [0.15, 0.2) is 0 Å². The molecule has 33 heavy (non-hydrogen) atoms. The first-order valence-electron chi connectivity index (χ1n) is 10.8. The molecule has 0 aliphatic carbocycles. The third-order valence-corrected chi connectivity index (χ3v) is 6.94. The molecule has 0 aliphatic heterocycles. The lowest BCUT2D eigenvalue weighted by Crippen LogP contribution is -2.30. The topological polar surface area (TPSA) is 66.5 Å². The summed E-state index contributed by atoms with van der Waals surface area (Å²) < 4.78 is 26.4. The minimum atomic E-state index is -3.48. The fraction of sp³-hybridized carbons (Fsp3) is 0.269. The number of hydrogen-bond acceptors (Lipinski definition) is 3. The number of sulfonamides is 1. The van der Waals surface area contributed by atoms with E-state index in [9.17, 15) is 13.2 Å². The molecular formula is C26H29ClN2O3S. The van der Waals surface area contributed by atoms with Gasteiger partial charge in [-0.1, -0.05) is 54.1 Å². The van der Waals surface area contributed by atoms with Gasteiger partial charge >= 0.3 is 0 Å². The Morgan fingerprint density at radius 3 is 2.36 bits per heavy atom. The first-order chi connectivity index (χ1) is 15.6. The Balaban J connectivity index is 1.62. The second-order valence-corrected chi connectivity index (χ2v) is 10.5. The molecule has 0 aliphatic rings. The summed E-state index contributed by atoms with van der Waals surface area (Å²) in [5, 5.41) is 3.66. The highest BCUT2D eigenvalue weighted by molar-refractivity contribution is 7.92. The van der Waals surface area contributed by atoms with Crippen molar-refractivity contribution in [2.45, 2.75) is 33.2 Å². The average molecular weight is 485 g/mol. The number of carbonyl (C=O) groups is 1. The van der Waals surface area contributed by atoms with Crippen LogP contribution < -0.4 is 9.62 Å². The summed E-state index contributed by atoms with van der Waals surface area (Å²) in [5.41, 5.74) is 4.95. The van der Waals surface area contributed by atoms with Gasteiger partial charge in [-0.2, -0.15) is 0 Å². The third kappa shape index (κ3) is 6.83. The molecule has 174 valence electrons. The molecule has 3 rings (SSSR count). The van der Waals surface area contributed by atoms with Crippen molar-refractivity contribution < 1.29 is 13.2 Å². The summed E-state index contributed by atoms with van der Waals surface area (Å²) in [5.74, 6) is -0.157. The van der Waals surface area contributed by atoms with Gasteiger partial charge in [-0.15, -0.1) is 0 Å². The van der Waals surface area contributed by atoms with Gasteiger partial charge in [0.05, 0.1) is 18.5 Å². The molecule has 0 saturated heterocycles. The Labute approximate surface area is 201 Å². The quantitative estimate of drug-likeness (QED) is 0.420. The molecule has 0 aromatic heterocycles. The summed E-state index contributed by atoms with van der Waals surface area (Å²) >= 11 is 6.17. The molecule has 1 N–H and O–H groups in total. The molecule has 5 nitrogen and oxygen atoms in total. The van der Waals surface area contributed by atoms with Crippen molar-refractivity contribution in [3.8, 4) is 0 Å². The molecule has 0 heterocycles. The van der Waals surface area contributed by atoms with E-state index >= 15 is 0 Å². The molecule has 0 atom stereocenters. The van der Waals surface area contributed by atoms with E-state index in [1.54, 1.807) is 24.3 Å². The summed E-state index contributed by atoms with van der Waals surface area (Å²) in [6.07, 6.45) is 2.78. The van der Waals surface area contributed by atoms with Crippen molar-refractivity contribution in [2.24, 2.45) is 0 Å². The van der Waals surface area contributed by atoms with Crippen LogP contribution in [0.5, 0.6) is 0 Å². The fourth-order valence-corrected chi connectivity index (χ4v) is 4.75. The Bertz CT molecular complexity index is 1220. The van der Waals surface area contributed by atoms with Crippen molar-refractivity contribution in [1.29, 1.82) is 0 Å². The number of benzene rings is 3. The highest BCUT2D eigenvalue weighted by atomic mass is 35.5. The van der Waals surface area contributed by atoms with Crippen LogP contribution in [-0.4, -0.2) is 27.1 Å². The van der Waals surface area contributed by atoms with Crippen LogP contribution in [0.3, 0.4) is 0 Å². The van der Waals surface area contributed by atoms with Crippen molar-refractivity contribution in [3.05, 3.63) is 99.6 Å². The van der Waals surface area contributed by atoms with Crippen LogP contribution >= 0.6 is 11.6 Å². The van der Waals surface area contributed by atoms with Gasteiger partial charge in [0.1, 0.15) is 0 Å². The number of carbonyl (C=O) groups excluding carboxylic acids is 1. The number of amides is 1. The molecule has 0 fully saturated rings. The Morgan fingerprint density at radius 2 is 1.70 bits per heavy atom. The number of nitrogens with one attached hydrogen (secondary N) is 1. The average Bonchev–Trinajstić information content (AvgIpc) is 2.77. The van der Waals surface area contributed by atoms with E-state index in [0.29, 0.717) is 17.8 Å². The Hall–Kier alpha value is -2.83. The van der Waals surface area contributed by atoms with E-state index in [0.717, 1.165) is 40.1 Å². The number of rotatable bonds is 9. The normalized spacial score (nSPS) is 11.3. The van der Waals surface area contributed by atoms with Crippen LogP contribution in [0.4, 0.5) is 5.69 Å². The lowest BCUT2D eigenvalue weighted by atomic mass is 10.1. The van der Waals surface area contributed by atoms with Crippen LogP contribution in [-0.2, 0) is 23.0 Å². The van der Waals surface area contributed by atoms with E-state index in [4.69, 9.17) is 11.6 Å². The third-order valence-electron chi connectivity index (χ3n) is 5.44. The van der Waals surface area contributed by atoms with Crippen molar-refractivity contribution >= 4 is 33.2 Å². The van der Waals surface area contributed by atoms with Crippen LogP contribution in [0, 0.1) is 13.8 Å². The first-order valence-corrected chi connectivity index (χ1v) is 13.0. The smallest absolute Gasteiger partial charge is 0.251 e. The molecule has 3 aromatic carbocycles. The van der Waals surface area contributed by atoms with Crippen LogP contribution in [0.15, 0.2) is 66.7 Å². The minimum absolute atomic E-state index is 0.157. The maximum atomic E-state index is 12.5. The Morgan fingerprint density at radius 1 is 1.00 bits per heavy atom. The maximum absolute atomic E-state index is 12.5. The van der Waals surface area contributed by atoms with Crippen molar-refractivity contribution in [2.75, 3.05) is 17.1 Å². The molecule has 0 radical (unpaired) electrons. The summed E-state index contributed by atoms with van der Waals surface area (Å²) in [6.45, 7) is 4.57. The second kappa shape index (κ2) is 10.9. The van der Waals surface area contributed by atoms with Gasteiger partial charge in [0.25, 0.3) is 5.91 Å². The van der Waals surface area contributed by atoms with Gasteiger partial charge in [-0.25, -0.2) is 8.42 Å². The van der Waals surface area contributed by atoms with Crippen LogP contribution in [0.2, 0.25) is 5.02 Å². The minimum Gasteiger partial charge on any atom is -0.352 e. The van der Waals surface area contributed by atoms with Gasteiger partial charge < -0.3 is 5.32 Å². The maximum Gasteiger partial charge on any atom is 0.251 e. The van der Waals surface area contributed by atoms with Gasteiger partial charge in [0, 0.05) is 17.1 Å². The van der Waals surface area contributed by atoms with Gasteiger partial charge in [0.2, 0.25) is 10.0 Å². The van der Waals surface area contributed by atoms with E-state index < -0.39 is 10.0 Å². The van der Waals surface area contributed by atoms with E-state index in [1.807, 2.05) is 56.3 Å². The highest BCUT2D eigenvalue weighted by Crippen LogP contribution is 2.26. The lowest BCUT2D eigenvalue weighted by molar-refractivity contribution is 0.0953. The SMILES string of the molecule is Cc1ccc(C)c(N(Cc2ccc(C(=O)NCCCc3ccccc3Cl)cc2)S(C)(=O)=O)c1. The summed E-state index contributed by atoms with van der Waals surface area (Å²) in [4.78, 5) is 12.5. The molecule has 3 aromatic rings. The monoisotopic (exact) mass is 484 g/mol. The predicted molar refractivity (Wildman–Crippen MR) is 135 cm³/mol. The zero-order valence-corrected chi connectivity index (χ0v) is 20.7. The number of hydrogen-bond donors (Lipinski definition) is 1.